The Bertz CT molecular complexity index is 879. The highest BCUT2D eigenvalue weighted by Crippen LogP contribution is 2.33. The monoisotopic (exact) mass is 408 g/mol. The number of nitrogens with two attached hydrogens (primary N) is 1. The number of benzene rings is 1. The number of methoxy groups -OCH3 is 2. The fourth-order valence-electron chi connectivity index (χ4n) is 2.43. The minimum Gasteiger partial charge on any atom is -0.465 e. The lowest BCUT2D eigenvalue weighted by molar-refractivity contribution is 0.0453. The largest absolute Gasteiger partial charge is 0.465 e. The van der Waals surface area contributed by atoms with Crippen LogP contribution < -0.4 is 11.1 Å². The summed E-state index contributed by atoms with van der Waals surface area (Å²) in [5.74, 6) is -2.14. The summed E-state index contributed by atoms with van der Waals surface area (Å²) in [7, 11) is 2.37. The number of anilines is 2. The summed E-state index contributed by atoms with van der Waals surface area (Å²) in [6, 6.07) is 6.59. The van der Waals surface area contributed by atoms with Crippen molar-refractivity contribution in [1.29, 1.82) is 0 Å². The molecule has 0 radical (unpaired) electrons. The molecule has 0 atom stereocenters. The first-order valence-corrected chi connectivity index (χ1v) is 8.94. The summed E-state index contributed by atoms with van der Waals surface area (Å²) in [6.07, 6.45) is 0. The van der Waals surface area contributed by atoms with Crippen molar-refractivity contribution in [3.63, 3.8) is 0 Å². The number of hydrogen-bond acceptors (Lipinski definition) is 10. The number of para-hydroxylation sites is 1. The number of nitrogen functional groups attached to an aromatic ring is 1. The molecule has 0 fully saturated rings. The molecule has 1 heterocycles. The molecule has 1 aromatic carbocycles. The van der Waals surface area contributed by atoms with E-state index in [1.54, 1.807) is 24.3 Å². The molecule has 2 rings (SSSR count). The lowest BCUT2D eigenvalue weighted by atomic mass is 10.1. The summed E-state index contributed by atoms with van der Waals surface area (Å²) >= 11 is 0.850. The second-order valence-electron chi connectivity index (χ2n) is 5.40. The zero-order valence-corrected chi connectivity index (χ0v) is 16.1. The van der Waals surface area contributed by atoms with Crippen LogP contribution in [0.4, 0.5) is 10.7 Å². The van der Waals surface area contributed by atoms with Crippen molar-refractivity contribution in [1.82, 2.24) is 0 Å². The summed E-state index contributed by atoms with van der Waals surface area (Å²) in [6.45, 7) is -0.234. The number of carbonyl (C=O) groups is 3. The van der Waals surface area contributed by atoms with E-state index < -0.39 is 17.9 Å². The van der Waals surface area contributed by atoms with E-state index in [2.05, 4.69) is 5.32 Å². The molecule has 28 heavy (non-hydrogen) atoms. The molecule has 0 unspecified atom stereocenters. The van der Waals surface area contributed by atoms with E-state index in [0.29, 0.717) is 5.69 Å². The van der Waals surface area contributed by atoms with Crippen LogP contribution in [0.15, 0.2) is 24.3 Å². The minimum atomic E-state index is -0.750. The highest BCUT2D eigenvalue weighted by molar-refractivity contribution is 7.18. The summed E-state index contributed by atoms with van der Waals surface area (Å²) < 4.78 is 14.7. The van der Waals surface area contributed by atoms with Gasteiger partial charge in [0.1, 0.15) is 22.0 Å². The molecule has 0 bridgehead atoms. The van der Waals surface area contributed by atoms with Gasteiger partial charge in [0, 0.05) is 17.8 Å². The van der Waals surface area contributed by atoms with E-state index in [1.807, 2.05) is 0 Å². The average Bonchev–Trinajstić information content (AvgIpc) is 3.05. The second-order valence-corrected chi connectivity index (χ2v) is 6.46. The average molecular weight is 408 g/mol. The molecule has 0 spiro atoms. The van der Waals surface area contributed by atoms with Gasteiger partial charge in [-0.3, -0.25) is 0 Å². The number of aliphatic hydroxyl groups excluding tert-OH is 1. The molecule has 1 aromatic heterocycles. The minimum absolute atomic E-state index is 0.0348. The molecule has 9 nitrogen and oxygen atoms in total. The fraction of sp³-hybridized carbons (Fsp3) is 0.278. The van der Waals surface area contributed by atoms with Crippen LogP contribution in [0.3, 0.4) is 0 Å². The Balaban J connectivity index is 2.30. The normalized spacial score (nSPS) is 10.2. The number of aliphatic hydroxyl groups is 1. The predicted molar refractivity (Wildman–Crippen MR) is 103 cm³/mol. The van der Waals surface area contributed by atoms with Crippen molar-refractivity contribution in [2.45, 2.75) is 6.61 Å². The van der Waals surface area contributed by atoms with Crippen molar-refractivity contribution in [2.24, 2.45) is 0 Å². The Morgan fingerprint density at radius 3 is 2.43 bits per heavy atom. The van der Waals surface area contributed by atoms with Gasteiger partial charge in [-0.15, -0.1) is 11.3 Å². The molecule has 0 aliphatic rings. The Hall–Kier alpha value is -3.11. The Morgan fingerprint density at radius 2 is 1.79 bits per heavy atom. The van der Waals surface area contributed by atoms with Gasteiger partial charge in [-0.2, -0.15) is 0 Å². The Kier molecular flexibility index (Phi) is 7.36. The van der Waals surface area contributed by atoms with Gasteiger partial charge in [0.2, 0.25) is 0 Å². The molecule has 150 valence electrons. The Labute approximate surface area is 165 Å². The number of rotatable bonds is 8. The van der Waals surface area contributed by atoms with E-state index in [-0.39, 0.29) is 46.3 Å². The van der Waals surface area contributed by atoms with Gasteiger partial charge in [-0.05, 0) is 12.1 Å². The lowest BCUT2D eigenvalue weighted by Crippen LogP contribution is -2.14. The van der Waals surface area contributed by atoms with E-state index in [4.69, 9.17) is 25.1 Å². The molecule has 2 aromatic rings. The first-order chi connectivity index (χ1) is 13.4. The van der Waals surface area contributed by atoms with Gasteiger partial charge in [0.25, 0.3) is 0 Å². The number of hydrogen-bond donors (Lipinski definition) is 3. The maximum absolute atomic E-state index is 12.5. The zero-order valence-electron chi connectivity index (χ0n) is 15.3. The van der Waals surface area contributed by atoms with Crippen LogP contribution in [0.1, 0.15) is 36.0 Å². The van der Waals surface area contributed by atoms with Crippen LogP contribution in [-0.2, 0) is 20.8 Å². The maximum atomic E-state index is 12.5. The lowest BCUT2D eigenvalue weighted by Gasteiger charge is -2.12. The van der Waals surface area contributed by atoms with Crippen LogP contribution in [0.2, 0.25) is 0 Å². The molecule has 10 heteroatoms. The van der Waals surface area contributed by atoms with E-state index in [9.17, 15) is 14.4 Å². The van der Waals surface area contributed by atoms with Gasteiger partial charge in [0.05, 0.1) is 26.4 Å². The van der Waals surface area contributed by atoms with E-state index >= 15 is 0 Å². The molecule has 0 aliphatic carbocycles. The topological polar surface area (TPSA) is 137 Å². The number of ether oxygens (including phenoxy) is 3. The quantitative estimate of drug-likeness (QED) is 0.440. The van der Waals surface area contributed by atoms with Crippen LogP contribution in [-0.4, -0.2) is 50.4 Å². The third kappa shape index (κ3) is 4.59. The van der Waals surface area contributed by atoms with E-state index in [0.717, 1.165) is 11.3 Å². The van der Waals surface area contributed by atoms with Gasteiger partial charge in [0.15, 0.2) is 0 Å². The van der Waals surface area contributed by atoms with Crippen molar-refractivity contribution in [2.75, 3.05) is 38.4 Å². The molecule has 0 aliphatic heterocycles. The first-order valence-electron chi connectivity index (χ1n) is 8.13. The smallest absolute Gasteiger partial charge is 0.348 e. The molecule has 0 saturated heterocycles. The molecule has 4 N–H and O–H groups in total. The van der Waals surface area contributed by atoms with Gasteiger partial charge < -0.3 is 30.4 Å². The second kappa shape index (κ2) is 9.72. The summed E-state index contributed by atoms with van der Waals surface area (Å²) in [4.78, 5) is 36.6. The van der Waals surface area contributed by atoms with Crippen LogP contribution in [0, 0.1) is 0 Å². The number of esters is 3. The standard InChI is InChI=1S/C18H20N2O7S/c1-25-17(23)13-11(14(18(24)26-2)28-15(13)19)9-27-16(22)10-5-3-4-6-12(10)20-7-8-21/h3-6,20-21H,7-9,19H2,1-2H3. The highest BCUT2D eigenvalue weighted by Gasteiger charge is 2.28. The zero-order chi connectivity index (χ0) is 20.7. The molecule has 0 saturated carbocycles. The van der Waals surface area contributed by atoms with Crippen molar-refractivity contribution >= 4 is 39.9 Å². The third-order valence-corrected chi connectivity index (χ3v) is 4.76. The number of carbonyl (C=O) groups excluding carboxylic acids is 3. The first kappa shape index (κ1) is 21.2. The van der Waals surface area contributed by atoms with Crippen LogP contribution in [0.5, 0.6) is 0 Å². The highest BCUT2D eigenvalue weighted by atomic mass is 32.1. The van der Waals surface area contributed by atoms with Gasteiger partial charge in [-0.1, -0.05) is 12.1 Å². The predicted octanol–water partition coefficient (Wildman–Crippen LogP) is 1.66. The Morgan fingerprint density at radius 1 is 1.11 bits per heavy atom. The van der Waals surface area contributed by atoms with Gasteiger partial charge >= 0.3 is 17.9 Å². The van der Waals surface area contributed by atoms with Crippen molar-refractivity contribution in [3.05, 3.63) is 45.8 Å². The van der Waals surface area contributed by atoms with Crippen molar-refractivity contribution < 1.29 is 33.7 Å². The SMILES string of the molecule is COC(=O)c1sc(N)c(C(=O)OC)c1COC(=O)c1ccccc1NCCO. The number of nitrogens with one attached hydrogen (secondary N) is 1. The maximum Gasteiger partial charge on any atom is 0.348 e. The van der Waals surface area contributed by atoms with Crippen LogP contribution >= 0.6 is 11.3 Å². The third-order valence-electron chi connectivity index (χ3n) is 3.72. The summed E-state index contributed by atoms with van der Waals surface area (Å²) in [5, 5.41) is 11.9. The van der Waals surface area contributed by atoms with Gasteiger partial charge in [-0.25, -0.2) is 14.4 Å². The molecule has 0 amide bonds. The van der Waals surface area contributed by atoms with E-state index in [1.165, 1.54) is 14.2 Å². The summed E-state index contributed by atoms with van der Waals surface area (Å²) in [5.41, 5.74) is 6.64. The molecular formula is C18H20N2O7S. The number of thiophene rings is 1. The molecular weight excluding hydrogens is 388 g/mol. The van der Waals surface area contributed by atoms with Crippen LogP contribution in [0.25, 0.3) is 0 Å². The fourth-order valence-corrected chi connectivity index (χ4v) is 3.41. The van der Waals surface area contributed by atoms with Crippen molar-refractivity contribution in [3.8, 4) is 0 Å².